The summed E-state index contributed by atoms with van der Waals surface area (Å²) in [7, 11) is 0. The van der Waals surface area contributed by atoms with E-state index in [0.29, 0.717) is 17.5 Å². The Bertz CT molecular complexity index is 835. The maximum atomic E-state index is 13.2. The van der Waals surface area contributed by atoms with Crippen LogP contribution in [0, 0.1) is 19.7 Å². The van der Waals surface area contributed by atoms with Gasteiger partial charge in [0.25, 0.3) is 0 Å². The largest absolute Gasteiger partial charge is 0.339 e. The Morgan fingerprint density at radius 2 is 1.83 bits per heavy atom. The third kappa shape index (κ3) is 3.60. The van der Waals surface area contributed by atoms with E-state index in [2.05, 4.69) is 38.8 Å². The smallest absolute Gasteiger partial charge is 0.249 e. The number of anilines is 4. The van der Waals surface area contributed by atoms with Crippen LogP contribution in [-0.2, 0) is 0 Å². The van der Waals surface area contributed by atoms with Gasteiger partial charge in [-0.25, -0.2) is 4.39 Å². The van der Waals surface area contributed by atoms with E-state index in [9.17, 15) is 4.39 Å². The lowest BCUT2D eigenvalue weighted by Gasteiger charge is -2.11. The molecule has 0 aliphatic heterocycles. The van der Waals surface area contributed by atoms with Crippen molar-refractivity contribution in [2.24, 2.45) is 0 Å². The van der Waals surface area contributed by atoms with Crippen LogP contribution in [0.1, 0.15) is 11.1 Å². The molecule has 2 aromatic carbocycles. The van der Waals surface area contributed by atoms with Crippen molar-refractivity contribution in [3.63, 3.8) is 0 Å². The highest BCUT2D eigenvalue weighted by atomic mass is 19.1. The second-order valence-corrected chi connectivity index (χ2v) is 5.17. The average Bonchev–Trinajstić information content (AvgIpc) is 2.52. The zero-order chi connectivity index (χ0) is 16.2. The number of halogens is 1. The molecule has 5 nitrogen and oxygen atoms in total. The monoisotopic (exact) mass is 309 g/mol. The summed E-state index contributed by atoms with van der Waals surface area (Å²) in [4.78, 5) is 4.35. The van der Waals surface area contributed by atoms with E-state index >= 15 is 0 Å². The van der Waals surface area contributed by atoms with Crippen molar-refractivity contribution in [3.8, 4) is 0 Å². The molecule has 0 radical (unpaired) electrons. The van der Waals surface area contributed by atoms with Crippen molar-refractivity contribution in [3.05, 3.63) is 65.6 Å². The molecule has 3 rings (SSSR count). The van der Waals surface area contributed by atoms with Crippen LogP contribution < -0.4 is 10.6 Å². The van der Waals surface area contributed by atoms with E-state index in [1.54, 1.807) is 18.3 Å². The van der Waals surface area contributed by atoms with Crippen LogP contribution in [0.4, 0.5) is 27.5 Å². The number of rotatable bonds is 4. The maximum absolute atomic E-state index is 13.2. The first-order chi connectivity index (χ1) is 11.1. The molecule has 2 N–H and O–H groups in total. The predicted molar refractivity (Wildman–Crippen MR) is 88.7 cm³/mol. The van der Waals surface area contributed by atoms with Crippen molar-refractivity contribution in [1.29, 1.82) is 0 Å². The number of nitrogens with zero attached hydrogens (tertiary/aromatic N) is 3. The second-order valence-electron chi connectivity index (χ2n) is 5.17. The molecule has 0 saturated carbocycles. The minimum Gasteiger partial charge on any atom is -0.339 e. The topological polar surface area (TPSA) is 62.7 Å². The molecule has 0 spiro atoms. The van der Waals surface area contributed by atoms with Crippen LogP contribution in [0.5, 0.6) is 0 Å². The molecule has 0 saturated heterocycles. The predicted octanol–water partition coefficient (Wildman–Crippen LogP) is 4.11. The zero-order valence-corrected chi connectivity index (χ0v) is 12.8. The van der Waals surface area contributed by atoms with Gasteiger partial charge < -0.3 is 10.6 Å². The second kappa shape index (κ2) is 6.39. The molecule has 1 heterocycles. The SMILES string of the molecule is Cc1cccc(Nc2cnnc(Nc3cccc(F)c3)n2)c1C. The highest BCUT2D eigenvalue weighted by Crippen LogP contribution is 2.22. The molecule has 1 aromatic heterocycles. The van der Waals surface area contributed by atoms with Crippen LogP contribution in [-0.4, -0.2) is 15.2 Å². The summed E-state index contributed by atoms with van der Waals surface area (Å²) in [6, 6.07) is 12.1. The minimum absolute atomic E-state index is 0.297. The van der Waals surface area contributed by atoms with E-state index in [-0.39, 0.29) is 5.82 Å². The van der Waals surface area contributed by atoms with Gasteiger partial charge in [-0.2, -0.15) is 10.1 Å². The quantitative estimate of drug-likeness (QED) is 0.759. The molecule has 0 atom stereocenters. The Balaban J connectivity index is 1.81. The molecular formula is C17H16FN5. The maximum Gasteiger partial charge on any atom is 0.249 e. The van der Waals surface area contributed by atoms with Gasteiger partial charge in [0.2, 0.25) is 5.95 Å². The molecule has 3 aromatic rings. The molecule has 0 aliphatic carbocycles. The van der Waals surface area contributed by atoms with Crippen molar-refractivity contribution >= 4 is 23.1 Å². The molecule has 0 unspecified atom stereocenters. The van der Waals surface area contributed by atoms with Crippen LogP contribution in [0.2, 0.25) is 0 Å². The third-order valence-electron chi connectivity index (χ3n) is 3.51. The molecule has 6 heteroatoms. The fourth-order valence-electron chi connectivity index (χ4n) is 2.14. The molecule has 0 bridgehead atoms. The van der Waals surface area contributed by atoms with Gasteiger partial charge in [0, 0.05) is 11.4 Å². The summed E-state index contributed by atoms with van der Waals surface area (Å²) in [5.74, 6) is 0.533. The van der Waals surface area contributed by atoms with Crippen LogP contribution >= 0.6 is 0 Å². The zero-order valence-electron chi connectivity index (χ0n) is 12.8. The summed E-state index contributed by atoms with van der Waals surface area (Å²) >= 11 is 0. The van der Waals surface area contributed by atoms with Gasteiger partial charge in [0.05, 0.1) is 6.20 Å². The molecule has 0 amide bonds. The molecule has 23 heavy (non-hydrogen) atoms. The molecule has 116 valence electrons. The Morgan fingerprint density at radius 3 is 2.65 bits per heavy atom. The van der Waals surface area contributed by atoms with Gasteiger partial charge in [0.1, 0.15) is 5.82 Å². The van der Waals surface area contributed by atoms with Crippen molar-refractivity contribution in [2.45, 2.75) is 13.8 Å². The van der Waals surface area contributed by atoms with E-state index < -0.39 is 0 Å². The number of benzene rings is 2. The van der Waals surface area contributed by atoms with Crippen molar-refractivity contribution in [1.82, 2.24) is 15.2 Å². The standard InChI is InChI=1S/C17H16FN5/c1-11-5-3-8-15(12(11)2)21-16-10-19-23-17(22-16)20-14-7-4-6-13(18)9-14/h3-10H,1-2H3,(H2,20,21,22,23). The van der Waals surface area contributed by atoms with Gasteiger partial charge in [-0.05, 0) is 49.2 Å². The summed E-state index contributed by atoms with van der Waals surface area (Å²) in [5, 5.41) is 14.0. The van der Waals surface area contributed by atoms with Crippen LogP contribution in [0.25, 0.3) is 0 Å². The number of nitrogens with one attached hydrogen (secondary N) is 2. The van der Waals surface area contributed by atoms with E-state index in [4.69, 9.17) is 0 Å². The van der Waals surface area contributed by atoms with Gasteiger partial charge in [-0.1, -0.05) is 18.2 Å². The summed E-state index contributed by atoms with van der Waals surface area (Å²) in [6.45, 7) is 4.09. The van der Waals surface area contributed by atoms with Crippen LogP contribution in [0.3, 0.4) is 0 Å². The van der Waals surface area contributed by atoms with Gasteiger partial charge in [-0.15, -0.1) is 5.10 Å². The normalized spacial score (nSPS) is 10.4. The highest BCUT2D eigenvalue weighted by molar-refractivity contribution is 5.62. The van der Waals surface area contributed by atoms with Gasteiger partial charge >= 0.3 is 0 Å². The molecular weight excluding hydrogens is 293 g/mol. The Hall–Kier alpha value is -3.02. The minimum atomic E-state index is -0.326. The third-order valence-corrected chi connectivity index (χ3v) is 3.51. The summed E-state index contributed by atoms with van der Waals surface area (Å²) in [6.07, 6.45) is 1.54. The van der Waals surface area contributed by atoms with Gasteiger partial charge in [0.15, 0.2) is 5.82 Å². The Morgan fingerprint density at radius 1 is 1.00 bits per heavy atom. The van der Waals surface area contributed by atoms with E-state index in [0.717, 1.165) is 11.3 Å². The van der Waals surface area contributed by atoms with E-state index in [1.807, 2.05) is 19.1 Å². The number of aryl methyl sites for hydroxylation is 1. The fourth-order valence-corrected chi connectivity index (χ4v) is 2.14. The lowest BCUT2D eigenvalue weighted by Crippen LogP contribution is -2.03. The van der Waals surface area contributed by atoms with E-state index in [1.165, 1.54) is 17.7 Å². The van der Waals surface area contributed by atoms with Crippen molar-refractivity contribution in [2.75, 3.05) is 10.6 Å². The van der Waals surface area contributed by atoms with Gasteiger partial charge in [-0.3, -0.25) is 0 Å². The fraction of sp³-hybridized carbons (Fsp3) is 0.118. The molecule has 0 fully saturated rings. The number of hydrogen-bond acceptors (Lipinski definition) is 5. The lowest BCUT2D eigenvalue weighted by molar-refractivity contribution is 0.628. The number of aromatic nitrogens is 3. The average molecular weight is 309 g/mol. The summed E-state index contributed by atoms with van der Waals surface area (Å²) in [5.41, 5.74) is 3.86. The number of hydrogen-bond donors (Lipinski definition) is 2. The summed E-state index contributed by atoms with van der Waals surface area (Å²) < 4.78 is 13.2. The lowest BCUT2D eigenvalue weighted by atomic mass is 10.1. The molecule has 0 aliphatic rings. The first-order valence-corrected chi connectivity index (χ1v) is 7.17. The van der Waals surface area contributed by atoms with Crippen LogP contribution in [0.15, 0.2) is 48.7 Å². The Kier molecular flexibility index (Phi) is 4.14. The first kappa shape index (κ1) is 14.9. The van der Waals surface area contributed by atoms with Crippen molar-refractivity contribution < 1.29 is 4.39 Å². The Labute approximate surface area is 133 Å². The highest BCUT2D eigenvalue weighted by Gasteiger charge is 2.05. The first-order valence-electron chi connectivity index (χ1n) is 7.17.